The van der Waals surface area contributed by atoms with E-state index in [2.05, 4.69) is 0 Å². The predicted molar refractivity (Wildman–Crippen MR) is 62.0 cm³/mol. The first-order valence-corrected chi connectivity index (χ1v) is 7.12. The summed E-state index contributed by atoms with van der Waals surface area (Å²) in [5.74, 6) is 0.0426. The molecule has 0 amide bonds. The normalized spacial score (nSPS) is 18.4. The second-order valence-corrected chi connectivity index (χ2v) is 6.53. The molecule has 1 aliphatic rings. The molecule has 1 aliphatic carbocycles. The fourth-order valence-corrected chi connectivity index (χ4v) is 3.15. The van der Waals surface area contributed by atoms with Gasteiger partial charge in [0.05, 0.1) is 16.8 Å². The minimum Gasteiger partial charge on any atom is -0.392 e. The molecule has 1 N–H and O–H groups in total. The average molecular weight is 240 g/mol. The fraction of sp³-hybridized carbons (Fsp3) is 0.500. The molecule has 0 radical (unpaired) electrons. The van der Waals surface area contributed by atoms with Crippen LogP contribution in [-0.4, -0.2) is 25.4 Å². The van der Waals surface area contributed by atoms with E-state index < -0.39 is 15.9 Å². The molecule has 0 bridgehead atoms. The highest BCUT2D eigenvalue weighted by Gasteiger charge is 2.33. The van der Waals surface area contributed by atoms with E-state index >= 15 is 0 Å². The summed E-state index contributed by atoms with van der Waals surface area (Å²) in [5, 5.41) is 9.66. The van der Waals surface area contributed by atoms with Crippen LogP contribution in [0.1, 0.15) is 18.4 Å². The molecule has 0 aromatic heterocycles. The highest BCUT2D eigenvalue weighted by molar-refractivity contribution is 7.91. The number of benzene rings is 1. The molecule has 0 heterocycles. The minimum atomic E-state index is -3.33. The van der Waals surface area contributed by atoms with E-state index in [9.17, 15) is 13.5 Å². The van der Waals surface area contributed by atoms with Crippen molar-refractivity contribution in [3.05, 3.63) is 29.8 Å². The molecule has 1 aromatic rings. The molecule has 2 rings (SSSR count). The summed E-state index contributed by atoms with van der Waals surface area (Å²) in [4.78, 5) is 0.304. The van der Waals surface area contributed by atoms with Gasteiger partial charge in [0.25, 0.3) is 0 Å². The molecule has 1 fully saturated rings. The zero-order valence-corrected chi connectivity index (χ0v) is 10.1. The molecule has 0 aliphatic heterocycles. The molecule has 1 unspecified atom stereocenters. The van der Waals surface area contributed by atoms with Crippen LogP contribution in [-0.2, 0) is 9.84 Å². The van der Waals surface area contributed by atoms with Crippen LogP contribution in [0.4, 0.5) is 0 Å². The molecule has 4 heteroatoms. The molecule has 88 valence electrons. The van der Waals surface area contributed by atoms with Crippen molar-refractivity contribution >= 4 is 9.84 Å². The maximum Gasteiger partial charge on any atom is 0.180 e. The number of hydrogen-bond acceptors (Lipinski definition) is 3. The van der Waals surface area contributed by atoms with Gasteiger partial charge >= 0.3 is 0 Å². The molecular formula is C12H16O3S. The summed E-state index contributed by atoms with van der Waals surface area (Å²) in [6.45, 7) is 1.91. The minimum absolute atomic E-state index is 0.152. The van der Waals surface area contributed by atoms with Gasteiger partial charge in [0.2, 0.25) is 0 Å². The maximum atomic E-state index is 11.9. The molecule has 0 spiro atoms. The molecule has 3 nitrogen and oxygen atoms in total. The summed E-state index contributed by atoms with van der Waals surface area (Å²) in [5.41, 5.74) is 1.03. The van der Waals surface area contributed by atoms with E-state index in [4.69, 9.17) is 0 Å². The lowest BCUT2D eigenvalue weighted by atomic mass is 10.2. The van der Waals surface area contributed by atoms with Crippen LogP contribution in [0.15, 0.2) is 29.2 Å². The standard InChI is InChI=1S/C12H16O3S/c1-9-2-6-11(7-3-9)16(14,15)8-12(13)10-4-5-10/h2-3,6-7,10,12-13H,4-5,8H2,1H3. The topological polar surface area (TPSA) is 54.4 Å². The van der Waals surface area contributed by atoms with E-state index in [-0.39, 0.29) is 11.7 Å². The van der Waals surface area contributed by atoms with Crippen molar-refractivity contribution in [2.75, 3.05) is 5.75 Å². The summed E-state index contributed by atoms with van der Waals surface area (Å²) >= 11 is 0. The fourth-order valence-electron chi connectivity index (χ4n) is 1.68. The molecule has 1 saturated carbocycles. The van der Waals surface area contributed by atoms with Crippen LogP contribution in [0.25, 0.3) is 0 Å². The van der Waals surface area contributed by atoms with Crippen molar-refractivity contribution in [3.63, 3.8) is 0 Å². The SMILES string of the molecule is Cc1ccc(S(=O)(=O)CC(O)C2CC2)cc1. The first kappa shape index (κ1) is 11.6. The lowest BCUT2D eigenvalue weighted by molar-refractivity contribution is 0.174. The van der Waals surface area contributed by atoms with Crippen LogP contribution >= 0.6 is 0 Å². The van der Waals surface area contributed by atoms with E-state index in [1.165, 1.54) is 0 Å². The van der Waals surface area contributed by atoms with Gasteiger partial charge in [0.15, 0.2) is 9.84 Å². The molecule has 16 heavy (non-hydrogen) atoms. The van der Waals surface area contributed by atoms with Crippen molar-refractivity contribution < 1.29 is 13.5 Å². The van der Waals surface area contributed by atoms with E-state index in [0.717, 1.165) is 18.4 Å². The number of hydrogen-bond donors (Lipinski definition) is 1. The Bertz CT molecular complexity index is 458. The van der Waals surface area contributed by atoms with Crippen molar-refractivity contribution in [2.24, 2.45) is 5.92 Å². The zero-order valence-electron chi connectivity index (χ0n) is 9.26. The molecule has 1 aromatic carbocycles. The Hall–Kier alpha value is -0.870. The largest absolute Gasteiger partial charge is 0.392 e. The van der Waals surface area contributed by atoms with Gasteiger partial charge in [-0.1, -0.05) is 17.7 Å². The number of rotatable bonds is 4. The maximum absolute atomic E-state index is 11.9. The first-order valence-electron chi connectivity index (χ1n) is 5.46. The van der Waals surface area contributed by atoms with Crippen molar-refractivity contribution in [1.82, 2.24) is 0 Å². The number of aliphatic hydroxyl groups is 1. The van der Waals surface area contributed by atoms with Crippen molar-refractivity contribution in [1.29, 1.82) is 0 Å². The third kappa shape index (κ3) is 2.62. The average Bonchev–Trinajstić information content (AvgIpc) is 3.00. The third-order valence-electron chi connectivity index (χ3n) is 2.94. The van der Waals surface area contributed by atoms with Crippen molar-refractivity contribution in [2.45, 2.75) is 30.8 Å². The predicted octanol–water partition coefficient (Wildman–Crippen LogP) is 1.54. The molecular weight excluding hydrogens is 224 g/mol. The number of sulfone groups is 1. The Morgan fingerprint density at radius 1 is 1.31 bits per heavy atom. The Labute approximate surface area is 96.0 Å². The van der Waals surface area contributed by atoms with Gasteiger partial charge in [0.1, 0.15) is 0 Å². The van der Waals surface area contributed by atoms with Gasteiger partial charge in [-0.05, 0) is 37.8 Å². The van der Waals surface area contributed by atoms with Gasteiger partial charge in [-0.3, -0.25) is 0 Å². The lowest BCUT2D eigenvalue weighted by Gasteiger charge is -2.10. The van der Waals surface area contributed by atoms with E-state index in [1.807, 2.05) is 6.92 Å². The quantitative estimate of drug-likeness (QED) is 0.868. The third-order valence-corrected chi connectivity index (χ3v) is 4.71. The Morgan fingerprint density at radius 2 is 1.88 bits per heavy atom. The van der Waals surface area contributed by atoms with Gasteiger partial charge in [-0.15, -0.1) is 0 Å². The van der Waals surface area contributed by atoms with Gasteiger partial charge in [0, 0.05) is 0 Å². The Balaban J connectivity index is 2.14. The first-order chi connectivity index (χ1) is 7.49. The van der Waals surface area contributed by atoms with Gasteiger partial charge < -0.3 is 5.11 Å². The molecule has 1 atom stereocenters. The second-order valence-electron chi connectivity index (χ2n) is 4.50. The van der Waals surface area contributed by atoms with Crippen LogP contribution < -0.4 is 0 Å². The highest BCUT2D eigenvalue weighted by Crippen LogP contribution is 2.33. The summed E-state index contributed by atoms with van der Waals surface area (Å²) < 4.78 is 23.9. The van der Waals surface area contributed by atoms with Gasteiger partial charge in [-0.25, -0.2) is 8.42 Å². The summed E-state index contributed by atoms with van der Waals surface area (Å²) in [6, 6.07) is 6.75. The Morgan fingerprint density at radius 3 is 2.38 bits per heavy atom. The number of aliphatic hydroxyl groups excluding tert-OH is 1. The monoisotopic (exact) mass is 240 g/mol. The van der Waals surface area contributed by atoms with E-state index in [0.29, 0.717) is 4.90 Å². The Kier molecular flexibility index (Phi) is 3.04. The van der Waals surface area contributed by atoms with Gasteiger partial charge in [-0.2, -0.15) is 0 Å². The highest BCUT2D eigenvalue weighted by atomic mass is 32.2. The van der Waals surface area contributed by atoms with Crippen molar-refractivity contribution in [3.8, 4) is 0 Å². The van der Waals surface area contributed by atoms with Crippen LogP contribution in [0.2, 0.25) is 0 Å². The van der Waals surface area contributed by atoms with Crippen LogP contribution in [0, 0.1) is 12.8 Å². The second kappa shape index (κ2) is 4.18. The summed E-state index contributed by atoms with van der Waals surface area (Å²) in [6.07, 6.45) is 1.20. The summed E-state index contributed by atoms with van der Waals surface area (Å²) in [7, 11) is -3.33. The zero-order chi connectivity index (χ0) is 11.8. The number of aryl methyl sites for hydroxylation is 1. The smallest absolute Gasteiger partial charge is 0.180 e. The molecule has 0 saturated heterocycles. The van der Waals surface area contributed by atoms with E-state index in [1.54, 1.807) is 24.3 Å². The van der Waals surface area contributed by atoms with Crippen LogP contribution in [0.3, 0.4) is 0 Å². The van der Waals surface area contributed by atoms with Crippen LogP contribution in [0.5, 0.6) is 0 Å². The lowest BCUT2D eigenvalue weighted by Crippen LogP contribution is -2.22.